The molecule has 0 aliphatic rings. The summed E-state index contributed by atoms with van der Waals surface area (Å²) in [5, 5.41) is 29.5. The Morgan fingerprint density at radius 2 is 1.83 bits per heavy atom. The van der Waals surface area contributed by atoms with Crippen molar-refractivity contribution in [3.8, 4) is 5.75 Å². The second-order valence-corrected chi connectivity index (χ2v) is 6.77. The van der Waals surface area contributed by atoms with Crippen molar-refractivity contribution in [1.82, 2.24) is 24.7 Å². The van der Waals surface area contributed by atoms with Crippen LogP contribution in [0.15, 0.2) is 36.9 Å². The maximum absolute atomic E-state index is 12.5. The molecular weight excluding hydrogens is 488 g/mol. The highest BCUT2D eigenvalue weighted by molar-refractivity contribution is 5.92. The lowest BCUT2D eigenvalue weighted by atomic mass is 10.2. The van der Waals surface area contributed by atoms with Crippen LogP contribution in [0.2, 0.25) is 0 Å². The van der Waals surface area contributed by atoms with Gasteiger partial charge in [0.1, 0.15) is 6.04 Å². The number of carboxylic acid groups (broad SMARTS) is 2. The fourth-order valence-electron chi connectivity index (χ4n) is 2.83. The van der Waals surface area contributed by atoms with Crippen LogP contribution in [0.1, 0.15) is 22.5 Å². The van der Waals surface area contributed by atoms with Crippen molar-refractivity contribution in [2.45, 2.75) is 18.9 Å². The van der Waals surface area contributed by atoms with Crippen LogP contribution < -0.4 is 21.1 Å². The molecule has 0 saturated heterocycles. The molecule has 0 fully saturated rings. The van der Waals surface area contributed by atoms with Crippen molar-refractivity contribution in [1.29, 1.82) is 5.41 Å². The molecule has 0 aliphatic heterocycles. The van der Waals surface area contributed by atoms with Gasteiger partial charge in [-0.2, -0.15) is 0 Å². The number of aliphatic carboxylic acids is 2. The van der Waals surface area contributed by atoms with E-state index in [1.54, 1.807) is 0 Å². The van der Waals surface area contributed by atoms with Crippen LogP contribution in [-0.4, -0.2) is 65.4 Å². The molecule has 0 radical (unpaired) electrons. The zero-order chi connectivity index (χ0) is 24.8. The summed E-state index contributed by atoms with van der Waals surface area (Å²) in [4.78, 5) is 58.5. The minimum absolute atomic E-state index is 0. The first kappa shape index (κ1) is 26.5. The summed E-state index contributed by atoms with van der Waals surface area (Å²) in [7, 11) is 0. The summed E-state index contributed by atoms with van der Waals surface area (Å²) in [5.41, 5.74) is 5.78. The summed E-state index contributed by atoms with van der Waals surface area (Å²) in [6, 6.07) is 1.30. The van der Waals surface area contributed by atoms with Crippen LogP contribution in [0.25, 0.3) is 5.65 Å². The number of nitrogens with one attached hydrogen (secondary N) is 3. The van der Waals surface area contributed by atoms with Crippen LogP contribution in [0.3, 0.4) is 0 Å². The number of imidazole rings is 1. The Bertz CT molecular complexity index is 1280. The third-order valence-electron chi connectivity index (χ3n) is 4.29. The molecule has 3 aromatic heterocycles. The van der Waals surface area contributed by atoms with Crippen LogP contribution >= 0.6 is 12.4 Å². The molecule has 7 N–H and O–H groups in total. The van der Waals surface area contributed by atoms with E-state index in [9.17, 15) is 19.2 Å². The molecule has 0 aliphatic carbocycles. The van der Waals surface area contributed by atoms with Crippen molar-refractivity contribution in [2.75, 3.05) is 5.32 Å². The smallest absolute Gasteiger partial charge is 0.346 e. The second kappa shape index (κ2) is 11.4. The quantitative estimate of drug-likeness (QED) is 0.124. The van der Waals surface area contributed by atoms with Gasteiger partial charge in [-0.15, -0.1) is 12.4 Å². The van der Waals surface area contributed by atoms with Gasteiger partial charge >= 0.3 is 17.9 Å². The van der Waals surface area contributed by atoms with Crippen LogP contribution in [0, 0.1) is 5.41 Å². The number of pyridine rings is 1. The Morgan fingerprint density at radius 3 is 2.43 bits per heavy atom. The first-order valence-electron chi connectivity index (χ1n) is 9.48. The number of hydrogen-bond acceptors (Lipinski definition) is 9. The standard InChI is InChI=1S/C19H18N8O7.ClH/c20-18(21)26-19-23-7-9(8-24-19)17(33)34-12-2-1-10(27-4-3-22-15(12)27)5-13(28)25-11(16(31)32)6-14(29)30;/h1-4,7-8,11H,5-6H2,(H,25,28)(H,29,30)(H,31,32)(H4,20,21,23,24,26);1H. The lowest BCUT2D eigenvalue weighted by Crippen LogP contribution is -2.43. The van der Waals surface area contributed by atoms with E-state index in [4.69, 9.17) is 26.1 Å². The van der Waals surface area contributed by atoms with Crippen molar-refractivity contribution < 1.29 is 34.1 Å². The van der Waals surface area contributed by atoms with Gasteiger partial charge in [-0.05, 0) is 12.1 Å². The molecule has 0 spiro atoms. The third-order valence-corrected chi connectivity index (χ3v) is 4.29. The zero-order valence-corrected chi connectivity index (χ0v) is 18.5. The van der Waals surface area contributed by atoms with E-state index in [0.29, 0.717) is 5.69 Å². The zero-order valence-electron chi connectivity index (χ0n) is 17.7. The van der Waals surface area contributed by atoms with E-state index in [1.807, 2.05) is 0 Å². The predicted molar refractivity (Wildman–Crippen MR) is 120 cm³/mol. The van der Waals surface area contributed by atoms with Crippen molar-refractivity contribution >= 4 is 53.8 Å². The maximum Gasteiger partial charge on any atom is 0.346 e. The van der Waals surface area contributed by atoms with Crippen LogP contribution in [0.5, 0.6) is 5.75 Å². The molecule has 184 valence electrons. The van der Waals surface area contributed by atoms with Crippen LogP contribution in [0.4, 0.5) is 5.95 Å². The Morgan fingerprint density at radius 1 is 1.14 bits per heavy atom. The summed E-state index contributed by atoms with van der Waals surface area (Å²) >= 11 is 0. The number of rotatable bonds is 9. The van der Waals surface area contributed by atoms with Crippen molar-refractivity contribution in [2.24, 2.45) is 5.73 Å². The lowest BCUT2D eigenvalue weighted by Gasteiger charge is -2.13. The monoisotopic (exact) mass is 506 g/mol. The molecule has 1 atom stereocenters. The predicted octanol–water partition coefficient (Wildman–Crippen LogP) is -0.343. The van der Waals surface area contributed by atoms with E-state index in [1.165, 1.54) is 41.3 Å². The Balaban J connectivity index is 0.00000432. The highest BCUT2D eigenvalue weighted by Gasteiger charge is 2.24. The first-order valence-corrected chi connectivity index (χ1v) is 9.48. The van der Waals surface area contributed by atoms with Gasteiger partial charge in [-0.1, -0.05) is 0 Å². The first-order chi connectivity index (χ1) is 16.1. The molecule has 3 heterocycles. The Hall–Kier alpha value is -4.79. The average molecular weight is 507 g/mol. The highest BCUT2D eigenvalue weighted by Crippen LogP contribution is 2.21. The number of esters is 1. The largest absolute Gasteiger partial charge is 0.481 e. The summed E-state index contributed by atoms with van der Waals surface area (Å²) in [5.74, 6) is -4.63. The Kier molecular flexibility index (Phi) is 8.60. The third kappa shape index (κ3) is 6.84. The van der Waals surface area contributed by atoms with Crippen molar-refractivity contribution in [3.05, 3.63) is 48.2 Å². The Labute approximate surface area is 202 Å². The molecule has 1 unspecified atom stereocenters. The number of guanidine groups is 1. The highest BCUT2D eigenvalue weighted by atomic mass is 35.5. The van der Waals surface area contributed by atoms with E-state index in [2.05, 4.69) is 25.6 Å². The number of carbonyl (C=O) groups is 4. The maximum atomic E-state index is 12.5. The molecular formula is C19H19ClN8O7. The number of aromatic nitrogens is 4. The van der Waals surface area contributed by atoms with Gasteiger partial charge < -0.3 is 30.4 Å². The number of halogens is 1. The number of fused-ring (bicyclic) bond motifs is 1. The summed E-state index contributed by atoms with van der Waals surface area (Å²) < 4.78 is 6.82. The lowest BCUT2D eigenvalue weighted by molar-refractivity contribution is -0.147. The number of anilines is 1. The molecule has 16 heteroatoms. The molecule has 3 aromatic rings. The molecule has 0 aromatic carbocycles. The molecule has 35 heavy (non-hydrogen) atoms. The minimum Gasteiger partial charge on any atom is -0.481 e. The normalized spacial score (nSPS) is 11.1. The number of ether oxygens (including phenoxy) is 1. The fraction of sp³-hybridized carbons (Fsp3) is 0.158. The summed E-state index contributed by atoms with van der Waals surface area (Å²) in [6.07, 6.45) is 4.21. The second-order valence-electron chi connectivity index (χ2n) is 6.77. The fourth-order valence-corrected chi connectivity index (χ4v) is 2.83. The average Bonchev–Trinajstić information content (AvgIpc) is 3.25. The number of carboxylic acids is 2. The van der Waals surface area contributed by atoms with Gasteiger partial charge in [0.15, 0.2) is 17.4 Å². The number of nitrogens with zero attached hydrogens (tertiary/aromatic N) is 4. The van der Waals surface area contributed by atoms with Gasteiger partial charge in [0.05, 0.1) is 18.4 Å². The van der Waals surface area contributed by atoms with Gasteiger partial charge in [0, 0.05) is 30.5 Å². The van der Waals surface area contributed by atoms with Gasteiger partial charge in [0.2, 0.25) is 11.9 Å². The number of nitrogens with two attached hydrogens (primary N) is 1. The molecule has 15 nitrogen and oxygen atoms in total. The number of amides is 1. The number of hydrogen-bond donors (Lipinski definition) is 6. The topological polar surface area (TPSA) is 235 Å². The van der Waals surface area contributed by atoms with E-state index >= 15 is 0 Å². The van der Waals surface area contributed by atoms with E-state index in [0.717, 1.165) is 0 Å². The SMILES string of the molecule is Cl.N=C(N)Nc1ncc(C(=O)Oc2ccc(CC(=O)NC(CC(=O)O)C(=O)O)n3ccnc23)cn1. The molecule has 0 bridgehead atoms. The molecule has 1 amide bonds. The van der Waals surface area contributed by atoms with Gasteiger partial charge in [-0.25, -0.2) is 24.5 Å². The number of carbonyl (C=O) groups excluding carboxylic acids is 2. The van der Waals surface area contributed by atoms with E-state index in [-0.39, 0.29) is 47.7 Å². The van der Waals surface area contributed by atoms with Gasteiger partial charge in [-0.3, -0.25) is 20.3 Å². The van der Waals surface area contributed by atoms with Gasteiger partial charge in [0.25, 0.3) is 0 Å². The minimum atomic E-state index is -1.58. The van der Waals surface area contributed by atoms with E-state index < -0.39 is 36.3 Å². The molecule has 0 saturated carbocycles. The van der Waals surface area contributed by atoms with Crippen LogP contribution in [-0.2, 0) is 20.8 Å². The van der Waals surface area contributed by atoms with Crippen molar-refractivity contribution in [3.63, 3.8) is 0 Å². The molecule has 3 rings (SSSR count). The summed E-state index contributed by atoms with van der Waals surface area (Å²) in [6.45, 7) is 0.